The fourth-order valence-electron chi connectivity index (χ4n) is 2.74. The normalized spacial score (nSPS) is 27.8. The van der Waals surface area contributed by atoms with Crippen molar-refractivity contribution >= 4 is 0 Å². The van der Waals surface area contributed by atoms with Crippen LogP contribution >= 0.6 is 0 Å². The number of rotatable bonds is 6. The van der Waals surface area contributed by atoms with Crippen molar-refractivity contribution in [2.24, 2.45) is 16.7 Å². The van der Waals surface area contributed by atoms with Crippen LogP contribution in [0.4, 0.5) is 0 Å². The lowest BCUT2D eigenvalue weighted by molar-refractivity contribution is 0.309. The van der Waals surface area contributed by atoms with Gasteiger partial charge in [0, 0.05) is 12.6 Å². The average molecular weight is 209 g/mol. The molecule has 2 aliphatic rings. The van der Waals surface area contributed by atoms with Gasteiger partial charge in [-0.05, 0) is 55.8 Å². The van der Waals surface area contributed by atoms with E-state index in [-0.39, 0.29) is 0 Å². The molecule has 1 N–H and O–H groups in total. The van der Waals surface area contributed by atoms with Crippen molar-refractivity contribution in [2.75, 3.05) is 6.54 Å². The van der Waals surface area contributed by atoms with E-state index in [0.717, 1.165) is 12.0 Å². The molecular weight excluding hydrogens is 182 g/mol. The van der Waals surface area contributed by atoms with Crippen molar-refractivity contribution in [3.05, 3.63) is 0 Å². The van der Waals surface area contributed by atoms with E-state index in [4.69, 9.17) is 0 Å². The molecule has 0 aliphatic heterocycles. The maximum atomic E-state index is 3.79. The van der Waals surface area contributed by atoms with Gasteiger partial charge in [-0.25, -0.2) is 0 Å². The summed E-state index contributed by atoms with van der Waals surface area (Å²) in [5.74, 6) is 0.862. The van der Waals surface area contributed by atoms with E-state index in [2.05, 4.69) is 33.0 Å². The quantitative estimate of drug-likeness (QED) is 0.705. The van der Waals surface area contributed by atoms with E-state index in [1.165, 1.54) is 38.6 Å². The molecule has 2 rings (SSSR count). The molecule has 1 nitrogen and oxygen atoms in total. The molecule has 2 saturated carbocycles. The molecule has 15 heavy (non-hydrogen) atoms. The van der Waals surface area contributed by atoms with Gasteiger partial charge in [0.05, 0.1) is 0 Å². The summed E-state index contributed by atoms with van der Waals surface area (Å²) in [4.78, 5) is 0. The largest absolute Gasteiger partial charge is 0.313 e. The van der Waals surface area contributed by atoms with E-state index >= 15 is 0 Å². The van der Waals surface area contributed by atoms with Gasteiger partial charge in [-0.15, -0.1) is 0 Å². The van der Waals surface area contributed by atoms with Crippen LogP contribution in [0.1, 0.15) is 59.8 Å². The molecule has 2 fully saturated rings. The zero-order valence-electron chi connectivity index (χ0n) is 10.9. The molecule has 0 bridgehead atoms. The summed E-state index contributed by atoms with van der Waals surface area (Å²) >= 11 is 0. The summed E-state index contributed by atoms with van der Waals surface area (Å²) in [6.45, 7) is 10.8. The predicted octanol–water partition coefficient (Wildman–Crippen LogP) is 3.59. The van der Waals surface area contributed by atoms with Gasteiger partial charge in [0.2, 0.25) is 0 Å². The molecule has 0 aromatic carbocycles. The second kappa shape index (κ2) is 3.76. The lowest BCUT2D eigenvalue weighted by Gasteiger charge is -2.25. The van der Waals surface area contributed by atoms with Crippen molar-refractivity contribution in [1.29, 1.82) is 0 Å². The summed E-state index contributed by atoms with van der Waals surface area (Å²) in [6, 6.07) is 0.724. The highest BCUT2D eigenvalue weighted by molar-refractivity contribution is 5.00. The van der Waals surface area contributed by atoms with Crippen LogP contribution in [-0.4, -0.2) is 12.6 Å². The summed E-state index contributed by atoms with van der Waals surface area (Å²) in [6.07, 6.45) is 7.20. The van der Waals surface area contributed by atoms with Gasteiger partial charge in [-0.3, -0.25) is 0 Å². The Morgan fingerprint density at radius 2 is 1.67 bits per heavy atom. The molecule has 0 saturated heterocycles. The molecule has 88 valence electrons. The van der Waals surface area contributed by atoms with E-state index in [0.29, 0.717) is 10.8 Å². The molecule has 0 aromatic heterocycles. The van der Waals surface area contributed by atoms with Crippen molar-refractivity contribution in [2.45, 2.75) is 65.8 Å². The second-order valence-electron chi connectivity index (χ2n) is 6.85. The molecule has 0 spiro atoms. The zero-order valence-corrected chi connectivity index (χ0v) is 10.9. The van der Waals surface area contributed by atoms with Crippen LogP contribution in [0.3, 0.4) is 0 Å². The molecule has 1 atom stereocenters. The van der Waals surface area contributed by atoms with Crippen LogP contribution in [0.25, 0.3) is 0 Å². The Balaban J connectivity index is 1.73. The summed E-state index contributed by atoms with van der Waals surface area (Å²) < 4.78 is 0. The van der Waals surface area contributed by atoms with E-state index in [1.807, 2.05) is 0 Å². The Morgan fingerprint density at radius 3 is 2.07 bits per heavy atom. The van der Waals surface area contributed by atoms with Gasteiger partial charge in [0.25, 0.3) is 0 Å². The molecule has 0 heterocycles. The first kappa shape index (κ1) is 11.4. The molecule has 1 unspecified atom stereocenters. The van der Waals surface area contributed by atoms with Gasteiger partial charge in [-0.2, -0.15) is 0 Å². The predicted molar refractivity (Wildman–Crippen MR) is 65.9 cm³/mol. The van der Waals surface area contributed by atoms with Gasteiger partial charge in [0.1, 0.15) is 0 Å². The van der Waals surface area contributed by atoms with Gasteiger partial charge in [-0.1, -0.05) is 20.8 Å². The first-order valence-electron chi connectivity index (χ1n) is 6.69. The highest BCUT2D eigenvalue weighted by atomic mass is 15.0. The Morgan fingerprint density at radius 1 is 1.07 bits per heavy atom. The van der Waals surface area contributed by atoms with Crippen LogP contribution in [0.15, 0.2) is 0 Å². The van der Waals surface area contributed by atoms with E-state index in [1.54, 1.807) is 0 Å². The molecule has 2 aliphatic carbocycles. The van der Waals surface area contributed by atoms with Crippen molar-refractivity contribution < 1.29 is 0 Å². The highest BCUT2D eigenvalue weighted by Crippen LogP contribution is 2.52. The van der Waals surface area contributed by atoms with Gasteiger partial charge >= 0.3 is 0 Å². The maximum Gasteiger partial charge on any atom is 0.00927 e. The minimum atomic E-state index is 0.633. The van der Waals surface area contributed by atoms with Crippen LogP contribution < -0.4 is 5.32 Å². The molecule has 0 aromatic rings. The lowest BCUT2D eigenvalue weighted by atomic mass is 9.93. The van der Waals surface area contributed by atoms with Crippen molar-refractivity contribution in [3.8, 4) is 0 Å². The molecular formula is C14H27N. The number of hydrogen-bond donors (Lipinski definition) is 1. The first-order valence-corrected chi connectivity index (χ1v) is 6.69. The third-order valence-electron chi connectivity index (χ3n) is 4.67. The minimum Gasteiger partial charge on any atom is -0.313 e. The topological polar surface area (TPSA) is 12.0 Å². The third-order valence-corrected chi connectivity index (χ3v) is 4.67. The Hall–Kier alpha value is -0.0400. The van der Waals surface area contributed by atoms with Gasteiger partial charge < -0.3 is 5.32 Å². The van der Waals surface area contributed by atoms with Crippen LogP contribution in [-0.2, 0) is 0 Å². The van der Waals surface area contributed by atoms with Crippen LogP contribution in [0, 0.1) is 16.7 Å². The monoisotopic (exact) mass is 209 g/mol. The zero-order chi connectivity index (χ0) is 11.1. The Labute approximate surface area is 95.0 Å². The maximum absolute atomic E-state index is 3.79. The number of hydrogen-bond acceptors (Lipinski definition) is 1. The third kappa shape index (κ3) is 2.75. The van der Waals surface area contributed by atoms with Crippen LogP contribution in [0.2, 0.25) is 0 Å². The standard InChI is InChI=1S/C14H27N/c1-11(2)9-14(7-8-14)10-15-12(3)13(4)5-6-13/h11-12,15H,5-10H2,1-4H3. The molecule has 1 heteroatoms. The van der Waals surface area contributed by atoms with Crippen molar-refractivity contribution in [1.82, 2.24) is 5.32 Å². The minimum absolute atomic E-state index is 0.633. The molecule has 0 amide bonds. The lowest BCUT2D eigenvalue weighted by Crippen LogP contribution is -2.37. The first-order chi connectivity index (χ1) is 6.96. The summed E-state index contributed by atoms with van der Waals surface area (Å²) in [7, 11) is 0. The summed E-state index contributed by atoms with van der Waals surface area (Å²) in [5, 5.41) is 3.79. The van der Waals surface area contributed by atoms with E-state index < -0.39 is 0 Å². The van der Waals surface area contributed by atoms with Gasteiger partial charge in [0.15, 0.2) is 0 Å². The second-order valence-corrected chi connectivity index (χ2v) is 6.85. The fraction of sp³-hybridized carbons (Fsp3) is 1.00. The fourth-order valence-corrected chi connectivity index (χ4v) is 2.74. The average Bonchev–Trinajstić information content (AvgIpc) is 3.02. The smallest absolute Gasteiger partial charge is 0.00927 e. The summed E-state index contributed by atoms with van der Waals surface area (Å²) in [5.41, 5.74) is 1.32. The van der Waals surface area contributed by atoms with Crippen LogP contribution in [0.5, 0.6) is 0 Å². The van der Waals surface area contributed by atoms with E-state index in [9.17, 15) is 0 Å². The van der Waals surface area contributed by atoms with Crippen molar-refractivity contribution in [3.63, 3.8) is 0 Å². The number of nitrogens with one attached hydrogen (secondary N) is 1. The SMILES string of the molecule is CC(C)CC1(CNC(C)C2(C)CC2)CC1. The highest BCUT2D eigenvalue weighted by Gasteiger charge is 2.46. The Kier molecular flexibility index (Phi) is 2.87. The molecule has 0 radical (unpaired) electrons. The Bertz CT molecular complexity index is 223.